The maximum atomic E-state index is 10.8. The van der Waals surface area contributed by atoms with E-state index in [9.17, 15) is 9.59 Å². The topological polar surface area (TPSA) is 98.7 Å². The van der Waals surface area contributed by atoms with Gasteiger partial charge in [0, 0.05) is 0 Å². The van der Waals surface area contributed by atoms with E-state index in [0.29, 0.717) is 0 Å². The van der Waals surface area contributed by atoms with E-state index in [-0.39, 0.29) is 0 Å². The summed E-state index contributed by atoms with van der Waals surface area (Å²) >= 11 is 0. The van der Waals surface area contributed by atoms with Gasteiger partial charge in [-0.3, -0.25) is 10.1 Å². The van der Waals surface area contributed by atoms with Gasteiger partial charge in [0.2, 0.25) is 5.79 Å². The zero-order chi connectivity index (χ0) is 9.35. The maximum absolute atomic E-state index is 10.8. The molecular weight excluding hydrogens is 164 g/mol. The van der Waals surface area contributed by atoms with Crippen molar-refractivity contribution >= 4 is 11.9 Å². The molecule has 1 heterocycles. The molecule has 12 heavy (non-hydrogen) atoms. The normalized spacial score (nSPS) is 23.3. The van der Waals surface area contributed by atoms with Gasteiger partial charge in [0.15, 0.2) is 6.04 Å². The van der Waals surface area contributed by atoms with Crippen LogP contribution in [0.2, 0.25) is 0 Å². The smallest absolute Gasteiger partial charge is 0.322 e. The number of carbonyl (C=O) groups is 2. The van der Waals surface area contributed by atoms with Crippen LogP contribution in [0.4, 0.5) is 4.79 Å². The molecule has 3 amide bonds. The molecule has 0 aliphatic carbocycles. The SMILES string of the molecule is C=CC(O)(O)C1NC(=O)NC1=O. The highest BCUT2D eigenvalue weighted by Gasteiger charge is 2.43. The number of hydrogen-bond donors (Lipinski definition) is 4. The minimum atomic E-state index is -2.41. The molecule has 1 saturated heterocycles. The largest absolute Gasteiger partial charge is 0.360 e. The second-order valence-electron chi connectivity index (χ2n) is 2.38. The van der Waals surface area contributed by atoms with E-state index < -0.39 is 23.8 Å². The van der Waals surface area contributed by atoms with Gasteiger partial charge in [-0.05, 0) is 6.08 Å². The summed E-state index contributed by atoms with van der Waals surface area (Å²) < 4.78 is 0. The molecule has 0 aromatic carbocycles. The first-order valence-electron chi connectivity index (χ1n) is 3.17. The fourth-order valence-electron chi connectivity index (χ4n) is 0.834. The zero-order valence-corrected chi connectivity index (χ0v) is 6.07. The number of rotatable bonds is 2. The fourth-order valence-corrected chi connectivity index (χ4v) is 0.834. The van der Waals surface area contributed by atoms with E-state index in [0.717, 1.165) is 6.08 Å². The van der Waals surface area contributed by atoms with E-state index in [4.69, 9.17) is 10.2 Å². The highest BCUT2D eigenvalue weighted by Crippen LogP contribution is 2.10. The Morgan fingerprint density at radius 1 is 1.50 bits per heavy atom. The van der Waals surface area contributed by atoms with Gasteiger partial charge in [-0.15, -0.1) is 0 Å². The Balaban J connectivity index is 2.83. The summed E-state index contributed by atoms with van der Waals surface area (Å²) in [5.74, 6) is -3.19. The molecule has 4 N–H and O–H groups in total. The molecule has 6 nitrogen and oxygen atoms in total. The van der Waals surface area contributed by atoms with Crippen molar-refractivity contribution in [2.45, 2.75) is 11.8 Å². The van der Waals surface area contributed by atoms with Crippen LogP contribution < -0.4 is 10.6 Å². The lowest BCUT2D eigenvalue weighted by Crippen LogP contribution is -2.50. The van der Waals surface area contributed by atoms with Crippen molar-refractivity contribution in [3.63, 3.8) is 0 Å². The number of nitrogens with one attached hydrogen (secondary N) is 2. The minimum Gasteiger partial charge on any atom is -0.360 e. The Morgan fingerprint density at radius 3 is 2.42 bits per heavy atom. The average molecular weight is 172 g/mol. The first-order valence-corrected chi connectivity index (χ1v) is 3.17. The summed E-state index contributed by atoms with van der Waals surface area (Å²) in [5, 5.41) is 22.0. The van der Waals surface area contributed by atoms with Gasteiger partial charge in [0.1, 0.15) is 0 Å². The van der Waals surface area contributed by atoms with Crippen LogP contribution in [-0.2, 0) is 4.79 Å². The summed E-state index contributed by atoms with van der Waals surface area (Å²) in [6.45, 7) is 3.11. The third kappa shape index (κ3) is 1.29. The Morgan fingerprint density at radius 2 is 2.08 bits per heavy atom. The third-order valence-corrected chi connectivity index (χ3v) is 1.50. The van der Waals surface area contributed by atoms with Crippen LogP contribution >= 0.6 is 0 Å². The fraction of sp³-hybridized carbons (Fsp3) is 0.333. The predicted octanol–water partition coefficient (Wildman–Crippen LogP) is -1.94. The standard InChI is InChI=1S/C6H8N2O4/c1-2-6(11,12)3-4(9)8-5(10)7-3/h2-3,11-12H,1H2,(H2,7,8,9,10). The molecule has 0 saturated carbocycles. The van der Waals surface area contributed by atoms with Gasteiger partial charge >= 0.3 is 6.03 Å². The van der Waals surface area contributed by atoms with Crippen LogP contribution in [0.25, 0.3) is 0 Å². The van der Waals surface area contributed by atoms with Gasteiger partial charge in [-0.2, -0.15) is 0 Å². The van der Waals surface area contributed by atoms with Crippen molar-refractivity contribution in [3.8, 4) is 0 Å². The molecule has 6 heteroatoms. The summed E-state index contributed by atoms with van der Waals surface area (Å²) in [6.07, 6.45) is 0.767. The summed E-state index contributed by atoms with van der Waals surface area (Å²) in [5.41, 5.74) is 0. The monoisotopic (exact) mass is 172 g/mol. The van der Waals surface area contributed by atoms with Crippen molar-refractivity contribution in [1.29, 1.82) is 0 Å². The van der Waals surface area contributed by atoms with Gasteiger partial charge < -0.3 is 15.5 Å². The maximum Gasteiger partial charge on any atom is 0.322 e. The van der Waals surface area contributed by atoms with Crippen LogP contribution in [0.15, 0.2) is 12.7 Å². The van der Waals surface area contributed by atoms with Crippen molar-refractivity contribution in [3.05, 3.63) is 12.7 Å². The second-order valence-corrected chi connectivity index (χ2v) is 2.38. The van der Waals surface area contributed by atoms with Gasteiger partial charge in [-0.1, -0.05) is 6.58 Å². The Kier molecular flexibility index (Phi) is 1.87. The molecule has 66 valence electrons. The Bertz CT molecular complexity index is 248. The Labute approximate surface area is 67.9 Å². The van der Waals surface area contributed by atoms with E-state index >= 15 is 0 Å². The summed E-state index contributed by atoms with van der Waals surface area (Å²) in [4.78, 5) is 21.4. The molecule has 1 unspecified atom stereocenters. The predicted molar refractivity (Wildman–Crippen MR) is 37.8 cm³/mol. The van der Waals surface area contributed by atoms with E-state index in [1.54, 1.807) is 0 Å². The van der Waals surface area contributed by atoms with Gasteiger partial charge in [-0.25, -0.2) is 4.79 Å². The number of carbonyl (C=O) groups excluding carboxylic acids is 2. The van der Waals surface area contributed by atoms with Crippen LogP contribution in [0.5, 0.6) is 0 Å². The summed E-state index contributed by atoms with van der Waals surface area (Å²) in [7, 11) is 0. The van der Waals surface area contributed by atoms with Gasteiger partial charge in [0.25, 0.3) is 5.91 Å². The quantitative estimate of drug-likeness (QED) is 0.221. The number of aliphatic hydroxyl groups is 2. The number of hydrogen-bond acceptors (Lipinski definition) is 4. The number of amides is 3. The first-order chi connectivity index (χ1) is 5.47. The molecule has 1 atom stereocenters. The van der Waals surface area contributed by atoms with Crippen LogP contribution in [-0.4, -0.2) is 34.0 Å². The van der Waals surface area contributed by atoms with Crippen molar-refractivity contribution in [2.75, 3.05) is 0 Å². The zero-order valence-electron chi connectivity index (χ0n) is 6.07. The number of imide groups is 1. The van der Waals surface area contributed by atoms with Crippen molar-refractivity contribution in [2.24, 2.45) is 0 Å². The molecule has 0 spiro atoms. The highest BCUT2D eigenvalue weighted by atomic mass is 16.5. The van der Waals surface area contributed by atoms with Gasteiger partial charge in [0.05, 0.1) is 0 Å². The van der Waals surface area contributed by atoms with Crippen molar-refractivity contribution < 1.29 is 19.8 Å². The second kappa shape index (κ2) is 2.58. The molecule has 1 aliphatic heterocycles. The molecule has 0 aromatic heterocycles. The lowest BCUT2D eigenvalue weighted by molar-refractivity contribution is -0.153. The lowest BCUT2D eigenvalue weighted by atomic mass is 10.1. The van der Waals surface area contributed by atoms with E-state index in [1.165, 1.54) is 0 Å². The molecule has 1 rings (SSSR count). The lowest BCUT2D eigenvalue weighted by Gasteiger charge is -2.21. The van der Waals surface area contributed by atoms with E-state index in [2.05, 4.69) is 6.58 Å². The molecule has 0 bridgehead atoms. The minimum absolute atomic E-state index is 0.751. The highest BCUT2D eigenvalue weighted by molar-refractivity contribution is 6.04. The third-order valence-electron chi connectivity index (χ3n) is 1.50. The average Bonchev–Trinajstić information content (AvgIpc) is 2.31. The van der Waals surface area contributed by atoms with Crippen LogP contribution in [0, 0.1) is 0 Å². The molecule has 0 radical (unpaired) electrons. The molecule has 1 fully saturated rings. The van der Waals surface area contributed by atoms with E-state index in [1.807, 2.05) is 10.6 Å². The molecule has 1 aliphatic rings. The Hall–Kier alpha value is -1.40. The molecular formula is C6H8N2O4. The summed E-state index contributed by atoms with van der Waals surface area (Å²) in [6, 6.07) is -2.14. The van der Waals surface area contributed by atoms with Crippen molar-refractivity contribution in [1.82, 2.24) is 10.6 Å². The molecule has 0 aromatic rings. The van der Waals surface area contributed by atoms with Crippen LogP contribution in [0.3, 0.4) is 0 Å². The number of urea groups is 1. The van der Waals surface area contributed by atoms with Crippen LogP contribution in [0.1, 0.15) is 0 Å². The first kappa shape index (κ1) is 8.69.